The van der Waals surface area contributed by atoms with Gasteiger partial charge in [-0.2, -0.15) is 5.10 Å². The van der Waals surface area contributed by atoms with Crippen molar-refractivity contribution < 1.29 is 18.6 Å². The van der Waals surface area contributed by atoms with Gasteiger partial charge in [0, 0.05) is 18.0 Å². The van der Waals surface area contributed by atoms with Crippen molar-refractivity contribution in [3.05, 3.63) is 141 Å². The number of methoxy groups -OCH3 is 2. The van der Waals surface area contributed by atoms with Gasteiger partial charge >= 0.3 is 0 Å². The number of hydrogen-bond donors (Lipinski definition) is 1. The third-order valence-corrected chi connectivity index (χ3v) is 7.39. The molecule has 44 heavy (non-hydrogen) atoms. The highest BCUT2D eigenvalue weighted by atomic mass is 19.1. The number of halogens is 1. The number of nitrogens with two attached hydrogens (primary N) is 1. The molecule has 2 aromatic heterocycles. The van der Waals surface area contributed by atoms with Crippen LogP contribution in [0.1, 0.15) is 46.5 Å². The quantitative estimate of drug-likeness (QED) is 0.122. The second-order valence-electron chi connectivity index (χ2n) is 10.3. The van der Waals surface area contributed by atoms with E-state index in [0.717, 1.165) is 33.8 Å². The molecule has 0 amide bonds. The Hall–Kier alpha value is -5.22. The van der Waals surface area contributed by atoms with Crippen LogP contribution >= 0.6 is 0 Å². The maximum absolute atomic E-state index is 14.0. The topological polar surface area (TPSA) is 106 Å². The van der Waals surface area contributed by atoms with Gasteiger partial charge < -0.3 is 29.2 Å². The van der Waals surface area contributed by atoms with E-state index in [4.69, 9.17) is 20.1 Å². The van der Waals surface area contributed by atoms with E-state index in [1.807, 2.05) is 61.0 Å². The van der Waals surface area contributed by atoms with Gasteiger partial charge in [0.05, 0.1) is 56.7 Å². The first kappa shape index (κ1) is 30.2. The Bertz CT molecular complexity index is 1830. The number of aryl methyl sites for hydroxylation is 1. The Morgan fingerprint density at radius 2 is 1.68 bits per heavy atom. The maximum Gasteiger partial charge on any atom is 0.260 e. The lowest BCUT2D eigenvalue weighted by molar-refractivity contribution is 0.106. The summed E-state index contributed by atoms with van der Waals surface area (Å²) < 4.78 is 34.1. The lowest BCUT2D eigenvalue weighted by Gasteiger charge is -2.20. The van der Waals surface area contributed by atoms with Crippen LogP contribution in [-0.2, 0) is 18.0 Å². The molecule has 0 unspecified atom stereocenters. The number of hydrazone groups is 1. The normalized spacial score (nSPS) is 12.2. The van der Waals surface area contributed by atoms with Gasteiger partial charge in [-0.05, 0) is 73.0 Å². The molecule has 5 rings (SSSR count). The molecule has 10 heteroatoms. The predicted octanol–water partition coefficient (Wildman–Crippen LogP) is 5.54. The number of ether oxygens (including phenoxy) is 3. The number of rotatable bonds is 11. The summed E-state index contributed by atoms with van der Waals surface area (Å²) in [6.07, 6.45) is 5.35. The summed E-state index contributed by atoms with van der Waals surface area (Å²) in [6, 6.07) is 20.5. The van der Waals surface area contributed by atoms with Crippen LogP contribution < -0.4 is 20.9 Å². The van der Waals surface area contributed by atoms with E-state index in [2.05, 4.69) is 10.1 Å². The molecule has 2 heterocycles. The van der Waals surface area contributed by atoms with Crippen LogP contribution in [0.5, 0.6) is 11.5 Å². The molecule has 0 aliphatic rings. The molecule has 0 spiro atoms. The summed E-state index contributed by atoms with van der Waals surface area (Å²) in [4.78, 5) is 18.3. The smallest absolute Gasteiger partial charge is 0.260 e. The molecule has 0 bridgehead atoms. The van der Waals surface area contributed by atoms with Crippen molar-refractivity contribution in [2.75, 3.05) is 14.2 Å². The van der Waals surface area contributed by atoms with Gasteiger partial charge in [0.1, 0.15) is 23.0 Å². The van der Waals surface area contributed by atoms with E-state index in [1.54, 1.807) is 55.6 Å². The van der Waals surface area contributed by atoms with E-state index in [9.17, 15) is 9.18 Å². The second kappa shape index (κ2) is 13.4. The minimum atomic E-state index is -0.413. The highest BCUT2D eigenvalue weighted by Crippen LogP contribution is 2.26. The number of nitrogens with zero attached hydrogens (tertiary/aromatic N) is 4. The lowest BCUT2D eigenvalue weighted by atomic mass is 10.0. The summed E-state index contributed by atoms with van der Waals surface area (Å²) in [5.41, 5.74) is 4.99. The van der Waals surface area contributed by atoms with Crippen LogP contribution in [0.3, 0.4) is 0 Å². The van der Waals surface area contributed by atoms with Crippen LogP contribution in [0.2, 0.25) is 0 Å². The Kier molecular flexibility index (Phi) is 9.20. The Morgan fingerprint density at radius 1 is 0.955 bits per heavy atom. The van der Waals surface area contributed by atoms with Gasteiger partial charge in [-0.1, -0.05) is 30.3 Å². The van der Waals surface area contributed by atoms with Crippen LogP contribution in [0.15, 0.2) is 101 Å². The van der Waals surface area contributed by atoms with E-state index >= 15 is 0 Å². The lowest BCUT2D eigenvalue weighted by Crippen LogP contribution is -2.30. The fraction of sp³-hybridized carbons (Fsp3) is 0.206. The minimum Gasteiger partial charge on any atom is -0.497 e. The van der Waals surface area contributed by atoms with Crippen molar-refractivity contribution in [2.45, 2.75) is 33.1 Å². The zero-order valence-electron chi connectivity index (χ0n) is 25.0. The van der Waals surface area contributed by atoms with Crippen LogP contribution in [0.25, 0.3) is 5.69 Å². The van der Waals surface area contributed by atoms with Gasteiger partial charge in [0.15, 0.2) is 0 Å². The van der Waals surface area contributed by atoms with Crippen LogP contribution in [0, 0.1) is 12.7 Å². The number of pyridine rings is 1. The van der Waals surface area contributed by atoms with Crippen LogP contribution in [0.4, 0.5) is 4.39 Å². The van der Waals surface area contributed by atoms with Crippen molar-refractivity contribution in [2.24, 2.45) is 10.9 Å². The van der Waals surface area contributed by atoms with Crippen molar-refractivity contribution in [1.29, 1.82) is 0 Å². The molecule has 0 radical (unpaired) electrons. The van der Waals surface area contributed by atoms with Crippen molar-refractivity contribution in [3.8, 4) is 17.2 Å². The first-order chi connectivity index (χ1) is 21.3. The zero-order valence-corrected chi connectivity index (χ0v) is 25.0. The molecule has 226 valence electrons. The van der Waals surface area contributed by atoms with Gasteiger partial charge in [0.25, 0.3) is 5.56 Å². The van der Waals surface area contributed by atoms with Crippen molar-refractivity contribution >= 4 is 5.71 Å². The highest BCUT2D eigenvalue weighted by Gasteiger charge is 2.20. The summed E-state index contributed by atoms with van der Waals surface area (Å²) in [7, 11) is 3.19. The number of imidazole rings is 1. The second-order valence-corrected chi connectivity index (χ2v) is 10.3. The van der Waals surface area contributed by atoms with Crippen molar-refractivity contribution in [1.82, 2.24) is 14.1 Å². The number of hydrogen-bond acceptors (Lipinski definition) is 7. The highest BCUT2D eigenvalue weighted by molar-refractivity contribution is 6.13. The maximum atomic E-state index is 14.0. The number of aromatic nitrogens is 3. The Balaban J connectivity index is 1.53. The molecule has 5 aromatic rings. The number of benzene rings is 3. The molecule has 0 fully saturated rings. The fourth-order valence-corrected chi connectivity index (χ4v) is 5.00. The predicted molar refractivity (Wildman–Crippen MR) is 167 cm³/mol. The monoisotopic (exact) mass is 595 g/mol. The molecule has 3 aromatic carbocycles. The first-order valence-corrected chi connectivity index (χ1v) is 14.0. The average Bonchev–Trinajstić information content (AvgIpc) is 3.48. The van der Waals surface area contributed by atoms with Crippen LogP contribution in [-0.4, -0.2) is 34.0 Å². The molecule has 0 saturated carbocycles. The third-order valence-electron chi connectivity index (χ3n) is 7.39. The average molecular weight is 596 g/mol. The summed E-state index contributed by atoms with van der Waals surface area (Å²) >= 11 is 0. The summed E-state index contributed by atoms with van der Waals surface area (Å²) in [5, 5.41) is 4.07. The van der Waals surface area contributed by atoms with E-state index in [1.165, 1.54) is 12.1 Å². The molecule has 0 aliphatic carbocycles. The van der Waals surface area contributed by atoms with Crippen molar-refractivity contribution in [3.63, 3.8) is 0 Å². The molecular weight excluding hydrogens is 561 g/mol. The fourth-order valence-electron chi connectivity index (χ4n) is 5.00. The van der Waals surface area contributed by atoms with Gasteiger partial charge in [-0.25, -0.2) is 9.37 Å². The Morgan fingerprint density at radius 3 is 2.32 bits per heavy atom. The molecule has 9 nitrogen and oxygen atoms in total. The van der Waals surface area contributed by atoms with Gasteiger partial charge in [0.2, 0.25) is 0 Å². The first-order valence-electron chi connectivity index (χ1n) is 14.0. The molecule has 2 N–H and O–H groups in total. The van der Waals surface area contributed by atoms with E-state index in [0.29, 0.717) is 29.2 Å². The molecular formula is C34H34FN5O4. The zero-order chi connectivity index (χ0) is 31.2. The summed E-state index contributed by atoms with van der Waals surface area (Å²) in [6.45, 7) is 4.36. The molecule has 0 saturated heterocycles. The van der Waals surface area contributed by atoms with Gasteiger partial charge in [-0.15, -0.1) is 0 Å². The third kappa shape index (κ3) is 6.55. The summed E-state index contributed by atoms with van der Waals surface area (Å²) in [5.74, 6) is 6.92. The standard InChI is InChI=1S/C34H34FN5O4/c1-22-17-39(21-37-22)31-14-9-27(16-32(31)43-4)33(38-36)30-15-25(20-44-19-24-5-12-29(42-3)13-6-24)18-40(34(30)41)23(2)26-7-10-28(35)11-8-26/h5-18,21,23H,19-20,36H2,1-4H3/b38-33+/t23-/m0/s1. The van der Waals surface area contributed by atoms with E-state index in [-0.39, 0.29) is 18.0 Å². The molecule has 0 aliphatic heterocycles. The van der Waals surface area contributed by atoms with Gasteiger partial charge in [-0.3, -0.25) is 4.79 Å². The van der Waals surface area contributed by atoms with E-state index < -0.39 is 6.04 Å². The SMILES string of the molecule is COc1ccc(COCc2cc(/C(=N/N)c3ccc(-n4cnc(C)c4)c(OC)c3)c(=O)n([C@@H](C)c3ccc(F)cc3)c2)cc1. The Labute approximate surface area is 255 Å². The largest absolute Gasteiger partial charge is 0.497 e. The minimum absolute atomic E-state index is 0.218. The molecule has 1 atom stereocenters.